The summed E-state index contributed by atoms with van der Waals surface area (Å²) in [7, 11) is 0. The monoisotopic (exact) mass is 397 g/mol. The predicted molar refractivity (Wildman–Crippen MR) is 112 cm³/mol. The zero-order valence-electron chi connectivity index (χ0n) is 16.5. The maximum atomic E-state index is 13.6. The SMILES string of the molecule is C[C@@H]1CCN(C(=O)c2c(NC(=O)c3cccnc3)sc3c2CCCC3)[C@H](C)C1. The number of rotatable bonds is 3. The van der Waals surface area contributed by atoms with Crippen LogP contribution in [0, 0.1) is 5.92 Å². The standard InChI is InChI=1S/C22H27N3O2S/c1-14-9-11-25(15(2)12-14)22(27)19-17-7-3-4-8-18(17)28-21(19)24-20(26)16-6-5-10-23-13-16/h5-6,10,13-15H,3-4,7-9,11-12H2,1-2H3,(H,24,26)/t14-,15-/m1/s1. The van der Waals surface area contributed by atoms with E-state index in [2.05, 4.69) is 24.1 Å². The molecule has 0 spiro atoms. The smallest absolute Gasteiger partial charge is 0.257 e. The first-order valence-corrected chi connectivity index (χ1v) is 11.0. The van der Waals surface area contributed by atoms with Gasteiger partial charge in [0.1, 0.15) is 5.00 Å². The van der Waals surface area contributed by atoms with Gasteiger partial charge >= 0.3 is 0 Å². The van der Waals surface area contributed by atoms with Crippen LogP contribution in [0.2, 0.25) is 0 Å². The molecule has 2 aliphatic rings. The number of anilines is 1. The molecule has 2 aromatic rings. The van der Waals surface area contributed by atoms with Crippen molar-refractivity contribution in [2.45, 2.75) is 58.4 Å². The Morgan fingerprint density at radius 2 is 2.07 bits per heavy atom. The van der Waals surface area contributed by atoms with Crippen LogP contribution in [0.4, 0.5) is 5.00 Å². The maximum Gasteiger partial charge on any atom is 0.257 e. The summed E-state index contributed by atoms with van der Waals surface area (Å²) < 4.78 is 0. The van der Waals surface area contributed by atoms with E-state index in [9.17, 15) is 9.59 Å². The van der Waals surface area contributed by atoms with E-state index in [1.165, 1.54) is 4.88 Å². The van der Waals surface area contributed by atoms with E-state index < -0.39 is 0 Å². The van der Waals surface area contributed by atoms with Crippen molar-refractivity contribution < 1.29 is 9.59 Å². The van der Waals surface area contributed by atoms with Gasteiger partial charge in [0.2, 0.25) is 0 Å². The number of pyridine rings is 1. The molecule has 2 amide bonds. The van der Waals surface area contributed by atoms with Crippen molar-refractivity contribution in [2.24, 2.45) is 5.92 Å². The lowest BCUT2D eigenvalue weighted by molar-refractivity contribution is 0.0589. The van der Waals surface area contributed by atoms with Gasteiger partial charge in [0.15, 0.2) is 0 Å². The van der Waals surface area contributed by atoms with E-state index in [1.807, 2.05) is 4.90 Å². The van der Waals surface area contributed by atoms with Crippen molar-refractivity contribution in [1.29, 1.82) is 0 Å². The van der Waals surface area contributed by atoms with Gasteiger partial charge in [-0.25, -0.2) is 0 Å². The van der Waals surface area contributed by atoms with E-state index in [0.717, 1.165) is 56.2 Å². The summed E-state index contributed by atoms with van der Waals surface area (Å²) in [5.74, 6) is 0.529. The number of likely N-dealkylation sites (tertiary alicyclic amines) is 1. The average molecular weight is 398 g/mol. The van der Waals surface area contributed by atoms with Gasteiger partial charge in [-0.1, -0.05) is 6.92 Å². The molecule has 148 valence electrons. The van der Waals surface area contributed by atoms with Gasteiger partial charge in [0, 0.05) is 29.9 Å². The van der Waals surface area contributed by atoms with E-state index in [1.54, 1.807) is 35.9 Å². The van der Waals surface area contributed by atoms with Gasteiger partial charge in [-0.3, -0.25) is 14.6 Å². The highest BCUT2D eigenvalue weighted by Gasteiger charge is 2.33. The minimum absolute atomic E-state index is 0.0836. The Bertz CT molecular complexity index is 877. The van der Waals surface area contributed by atoms with Crippen LogP contribution in [-0.4, -0.2) is 34.3 Å². The minimum Gasteiger partial charge on any atom is -0.336 e. The summed E-state index contributed by atoms with van der Waals surface area (Å²) in [5, 5.41) is 3.72. The molecule has 4 rings (SSSR count). The lowest BCUT2D eigenvalue weighted by Gasteiger charge is -2.37. The van der Waals surface area contributed by atoms with Crippen LogP contribution in [0.25, 0.3) is 0 Å². The topological polar surface area (TPSA) is 62.3 Å². The second kappa shape index (κ2) is 8.03. The summed E-state index contributed by atoms with van der Waals surface area (Å²) in [6.45, 7) is 5.19. The average Bonchev–Trinajstić information content (AvgIpc) is 3.06. The summed E-state index contributed by atoms with van der Waals surface area (Å²) >= 11 is 1.58. The van der Waals surface area contributed by atoms with E-state index >= 15 is 0 Å². The summed E-state index contributed by atoms with van der Waals surface area (Å²) in [6, 6.07) is 3.72. The van der Waals surface area contributed by atoms with Gasteiger partial charge < -0.3 is 10.2 Å². The number of aryl methyl sites for hydroxylation is 1. The molecule has 2 aromatic heterocycles. The first-order chi connectivity index (χ1) is 13.5. The van der Waals surface area contributed by atoms with Crippen LogP contribution in [0.1, 0.15) is 70.7 Å². The molecule has 1 saturated heterocycles. The molecule has 0 aromatic carbocycles. The van der Waals surface area contributed by atoms with Gasteiger partial charge in [-0.15, -0.1) is 11.3 Å². The van der Waals surface area contributed by atoms with Crippen molar-refractivity contribution in [3.8, 4) is 0 Å². The number of hydrogen-bond donors (Lipinski definition) is 1. The molecule has 1 aliphatic carbocycles. The molecule has 5 nitrogen and oxygen atoms in total. The molecule has 0 saturated carbocycles. The van der Waals surface area contributed by atoms with Gasteiger partial charge in [-0.05, 0) is 69.1 Å². The van der Waals surface area contributed by atoms with Gasteiger partial charge in [-0.2, -0.15) is 0 Å². The molecule has 28 heavy (non-hydrogen) atoms. The number of aromatic nitrogens is 1. The van der Waals surface area contributed by atoms with Gasteiger partial charge in [0.25, 0.3) is 11.8 Å². The van der Waals surface area contributed by atoms with Crippen molar-refractivity contribution in [3.63, 3.8) is 0 Å². The molecule has 1 fully saturated rings. The molecule has 1 aliphatic heterocycles. The largest absolute Gasteiger partial charge is 0.336 e. The fraction of sp³-hybridized carbons (Fsp3) is 0.500. The van der Waals surface area contributed by atoms with Crippen molar-refractivity contribution >= 4 is 28.2 Å². The van der Waals surface area contributed by atoms with Crippen LogP contribution in [0.5, 0.6) is 0 Å². The quantitative estimate of drug-likeness (QED) is 0.827. The Kier molecular flexibility index (Phi) is 5.49. The number of fused-ring (bicyclic) bond motifs is 1. The van der Waals surface area contributed by atoms with E-state index in [4.69, 9.17) is 0 Å². The van der Waals surface area contributed by atoms with E-state index in [-0.39, 0.29) is 17.9 Å². The Hall–Kier alpha value is -2.21. The third-order valence-corrected chi connectivity index (χ3v) is 7.14. The molecule has 2 atom stereocenters. The van der Waals surface area contributed by atoms with E-state index in [0.29, 0.717) is 16.5 Å². The molecular formula is C22H27N3O2S. The third kappa shape index (κ3) is 3.70. The molecule has 0 radical (unpaired) electrons. The van der Waals surface area contributed by atoms with Crippen molar-refractivity contribution in [2.75, 3.05) is 11.9 Å². The summed E-state index contributed by atoms with van der Waals surface area (Å²) in [6.07, 6.45) is 9.45. The first kappa shape index (κ1) is 19.1. The molecule has 0 unspecified atom stereocenters. The van der Waals surface area contributed by atoms with Crippen LogP contribution >= 0.6 is 11.3 Å². The van der Waals surface area contributed by atoms with Gasteiger partial charge in [0.05, 0.1) is 11.1 Å². The van der Waals surface area contributed by atoms with Crippen LogP contribution in [-0.2, 0) is 12.8 Å². The van der Waals surface area contributed by atoms with Crippen LogP contribution < -0.4 is 5.32 Å². The predicted octanol–water partition coefficient (Wildman–Crippen LogP) is 4.53. The van der Waals surface area contributed by atoms with Crippen molar-refractivity contribution in [3.05, 3.63) is 46.1 Å². The van der Waals surface area contributed by atoms with Crippen LogP contribution in [0.15, 0.2) is 24.5 Å². The highest BCUT2D eigenvalue weighted by atomic mass is 32.1. The normalized spacial score (nSPS) is 21.9. The number of nitrogens with one attached hydrogen (secondary N) is 1. The second-order valence-electron chi connectivity index (χ2n) is 8.09. The number of amides is 2. The fourth-order valence-electron chi connectivity index (χ4n) is 4.41. The second-order valence-corrected chi connectivity index (χ2v) is 9.19. The highest BCUT2D eigenvalue weighted by molar-refractivity contribution is 7.17. The summed E-state index contributed by atoms with van der Waals surface area (Å²) in [5.41, 5.74) is 2.40. The highest BCUT2D eigenvalue weighted by Crippen LogP contribution is 2.40. The number of thiophene rings is 1. The Labute approximate surface area is 170 Å². The third-order valence-electron chi connectivity index (χ3n) is 5.94. The minimum atomic E-state index is -0.207. The number of carbonyl (C=O) groups excluding carboxylic acids is 2. The molecular weight excluding hydrogens is 370 g/mol. The van der Waals surface area contributed by atoms with Crippen molar-refractivity contribution in [1.82, 2.24) is 9.88 Å². The zero-order chi connectivity index (χ0) is 19.7. The number of hydrogen-bond acceptors (Lipinski definition) is 4. The van der Waals surface area contributed by atoms with Crippen LogP contribution in [0.3, 0.4) is 0 Å². The Balaban J connectivity index is 1.66. The Morgan fingerprint density at radius 3 is 2.82 bits per heavy atom. The number of piperidine rings is 1. The number of carbonyl (C=O) groups is 2. The Morgan fingerprint density at radius 1 is 1.25 bits per heavy atom. The summed E-state index contributed by atoms with van der Waals surface area (Å²) in [4.78, 5) is 33.6. The molecule has 1 N–H and O–H groups in total. The molecule has 0 bridgehead atoms. The fourth-order valence-corrected chi connectivity index (χ4v) is 5.68. The zero-order valence-corrected chi connectivity index (χ0v) is 17.3. The number of nitrogens with zero attached hydrogens (tertiary/aromatic N) is 2. The first-order valence-electron chi connectivity index (χ1n) is 10.2. The lowest BCUT2D eigenvalue weighted by Crippen LogP contribution is -2.44. The maximum absolute atomic E-state index is 13.6. The molecule has 3 heterocycles. The molecule has 6 heteroatoms. The lowest BCUT2D eigenvalue weighted by atomic mass is 9.91.